The summed E-state index contributed by atoms with van der Waals surface area (Å²) in [6, 6.07) is 6.37. The molecule has 1 saturated heterocycles. The first kappa shape index (κ1) is 11.4. The maximum atomic E-state index is 9.24. The Hall–Kier alpha value is -1.73. The van der Waals surface area contributed by atoms with Crippen molar-refractivity contribution >= 4 is 0 Å². The summed E-state index contributed by atoms with van der Waals surface area (Å²) in [7, 11) is 0. The molecule has 0 N–H and O–H groups in total. The molecule has 2 heterocycles. The Balaban J connectivity index is 1.90. The Bertz CT molecular complexity index is 515. The maximum absolute atomic E-state index is 9.24. The molecule has 0 atom stereocenters. The van der Waals surface area contributed by atoms with Gasteiger partial charge in [0.15, 0.2) is 11.5 Å². The van der Waals surface area contributed by atoms with Crippen LogP contribution in [0.15, 0.2) is 12.1 Å². The van der Waals surface area contributed by atoms with Gasteiger partial charge >= 0.3 is 0 Å². The third-order valence-electron chi connectivity index (χ3n) is 3.52. The lowest BCUT2D eigenvalue weighted by Gasteiger charge is -2.35. The fraction of sp³-hybridized carbons (Fsp3) is 0.500. The quantitative estimate of drug-likeness (QED) is 0.798. The zero-order chi connectivity index (χ0) is 12.6. The molecule has 18 heavy (non-hydrogen) atoms. The first-order chi connectivity index (χ1) is 8.72. The van der Waals surface area contributed by atoms with Crippen LogP contribution in [-0.2, 0) is 11.2 Å². The van der Waals surface area contributed by atoms with Crippen molar-refractivity contribution in [2.24, 2.45) is 5.41 Å². The van der Waals surface area contributed by atoms with E-state index in [2.05, 4.69) is 6.07 Å². The highest BCUT2D eigenvalue weighted by atomic mass is 16.6. The molecule has 0 amide bonds. The van der Waals surface area contributed by atoms with Crippen molar-refractivity contribution in [3.05, 3.63) is 23.3 Å². The molecule has 1 aromatic rings. The van der Waals surface area contributed by atoms with Crippen molar-refractivity contribution in [3.63, 3.8) is 0 Å². The topological polar surface area (TPSA) is 51.5 Å². The van der Waals surface area contributed by atoms with E-state index in [4.69, 9.17) is 14.2 Å². The number of ether oxygens (including phenoxy) is 3. The molecule has 3 rings (SSSR count). The van der Waals surface area contributed by atoms with Gasteiger partial charge in [-0.3, -0.25) is 0 Å². The molecule has 0 bridgehead atoms. The summed E-state index contributed by atoms with van der Waals surface area (Å²) in [5, 5.41) is 9.24. The molecular weight excluding hydrogens is 230 g/mol. The van der Waals surface area contributed by atoms with Gasteiger partial charge in [0.2, 0.25) is 0 Å². The van der Waals surface area contributed by atoms with Crippen LogP contribution >= 0.6 is 0 Å². The fourth-order valence-corrected chi connectivity index (χ4v) is 2.34. The van der Waals surface area contributed by atoms with E-state index in [-0.39, 0.29) is 5.41 Å². The summed E-state index contributed by atoms with van der Waals surface area (Å²) in [6.45, 7) is 4.27. The molecule has 0 radical (unpaired) electrons. The third-order valence-corrected chi connectivity index (χ3v) is 3.52. The minimum atomic E-state index is -0.353. The van der Waals surface area contributed by atoms with Gasteiger partial charge in [-0.2, -0.15) is 5.26 Å². The van der Waals surface area contributed by atoms with Crippen molar-refractivity contribution in [1.82, 2.24) is 0 Å². The normalized spacial score (nSPS) is 19.8. The third kappa shape index (κ3) is 1.81. The summed E-state index contributed by atoms with van der Waals surface area (Å²) < 4.78 is 16.3. The summed E-state index contributed by atoms with van der Waals surface area (Å²) in [5.74, 6) is 1.59. The second-order valence-corrected chi connectivity index (χ2v) is 4.98. The lowest BCUT2D eigenvalue weighted by atomic mass is 9.80. The van der Waals surface area contributed by atoms with Crippen LogP contribution in [0.4, 0.5) is 0 Å². The molecule has 1 aromatic carbocycles. The number of fused-ring (bicyclic) bond motifs is 1. The fourth-order valence-electron chi connectivity index (χ4n) is 2.34. The molecule has 2 aliphatic heterocycles. The predicted molar refractivity (Wildman–Crippen MR) is 64.7 cm³/mol. The Morgan fingerprint density at radius 1 is 1.22 bits per heavy atom. The number of aryl methyl sites for hydroxylation is 1. The second-order valence-electron chi connectivity index (χ2n) is 4.98. The predicted octanol–water partition coefficient (Wildman–Crippen LogP) is 1.85. The lowest BCUT2D eigenvalue weighted by molar-refractivity contribution is -0.0766. The highest BCUT2D eigenvalue weighted by Crippen LogP contribution is 2.37. The Morgan fingerprint density at radius 3 is 2.44 bits per heavy atom. The average molecular weight is 245 g/mol. The lowest BCUT2D eigenvalue weighted by Crippen LogP contribution is -2.43. The van der Waals surface area contributed by atoms with E-state index >= 15 is 0 Å². The van der Waals surface area contributed by atoms with Crippen molar-refractivity contribution in [3.8, 4) is 17.6 Å². The Morgan fingerprint density at radius 2 is 1.89 bits per heavy atom. The van der Waals surface area contributed by atoms with E-state index in [0.717, 1.165) is 22.6 Å². The van der Waals surface area contributed by atoms with E-state index in [0.29, 0.717) is 32.8 Å². The van der Waals surface area contributed by atoms with Crippen LogP contribution in [0.1, 0.15) is 11.1 Å². The maximum Gasteiger partial charge on any atom is 0.161 e. The van der Waals surface area contributed by atoms with Crippen LogP contribution in [0, 0.1) is 23.7 Å². The van der Waals surface area contributed by atoms with Crippen LogP contribution in [0.25, 0.3) is 0 Å². The first-order valence-electron chi connectivity index (χ1n) is 6.11. The zero-order valence-corrected chi connectivity index (χ0v) is 10.4. The molecule has 4 heteroatoms. The highest BCUT2D eigenvalue weighted by Gasteiger charge is 2.39. The molecule has 0 unspecified atom stereocenters. The van der Waals surface area contributed by atoms with Gasteiger partial charge in [0.1, 0.15) is 18.6 Å². The molecule has 4 nitrogen and oxygen atoms in total. The number of hydrogen-bond donors (Lipinski definition) is 0. The van der Waals surface area contributed by atoms with Crippen molar-refractivity contribution < 1.29 is 14.2 Å². The van der Waals surface area contributed by atoms with E-state index in [1.807, 2.05) is 19.1 Å². The summed E-state index contributed by atoms with van der Waals surface area (Å²) in [5.41, 5.74) is 1.93. The summed E-state index contributed by atoms with van der Waals surface area (Å²) >= 11 is 0. The molecular formula is C14H15NO3. The van der Waals surface area contributed by atoms with Crippen LogP contribution in [0.3, 0.4) is 0 Å². The minimum Gasteiger partial charge on any atom is -0.486 e. The second kappa shape index (κ2) is 4.18. The largest absolute Gasteiger partial charge is 0.486 e. The molecule has 1 fully saturated rings. The average Bonchev–Trinajstić information content (AvgIpc) is 2.34. The van der Waals surface area contributed by atoms with Crippen LogP contribution in [0.2, 0.25) is 0 Å². The standard InChI is InChI=1S/C14H15NO3/c1-10-4-12-13(18-3-2-17-12)5-11(10)6-14(7-15)8-16-9-14/h4-5H,2-3,6,8-9H2,1H3. The molecule has 94 valence electrons. The van der Waals surface area contributed by atoms with Crippen LogP contribution in [0.5, 0.6) is 11.5 Å². The van der Waals surface area contributed by atoms with Crippen molar-refractivity contribution in [2.45, 2.75) is 13.3 Å². The van der Waals surface area contributed by atoms with Crippen LogP contribution < -0.4 is 9.47 Å². The smallest absolute Gasteiger partial charge is 0.161 e. The molecule has 2 aliphatic rings. The molecule has 0 saturated carbocycles. The van der Waals surface area contributed by atoms with Gasteiger partial charge in [-0.05, 0) is 36.6 Å². The number of rotatable bonds is 2. The Kier molecular flexibility index (Phi) is 2.64. The van der Waals surface area contributed by atoms with Crippen LogP contribution in [-0.4, -0.2) is 26.4 Å². The first-order valence-corrected chi connectivity index (χ1v) is 6.11. The molecule has 0 aliphatic carbocycles. The van der Waals surface area contributed by atoms with E-state index in [1.54, 1.807) is 0 Å². The van der Waals surface area contributed by atoms with Gasteiger partial charge in [-0.1, -0.05) is 0 Å². The van der Waals surface area contributed by atoms with Gasteiger partial charge in [0, 0.05) is 0 Å². The van der Waals surface area contributed by atoms with E-state index in [1.165, 1.54) is 0 Å². The Labute approximate surface area is 106 Å². The summed E-state index contributed by atoms with van der Waals surface area (Å²) in [6.07, 6.45) is 0.714. The van der Waals surface area contributed by atoms with E-state index in [9.17, 15) is 5.26 Å². The monoisotopic (exact) mass is 245 g/mol. The number of nitriles is 1. The van der Waals surface area contributed by atoms with Gasteiger partial charge in [-0.25, -0.2) is 0 Å². The van der Waals surface area contributed by atoms with E-state index < -0.39 is 0 Å². The molecule has 0 aromatic heterocycles. The molecule has 0 spiro atoms. The number of hydrogen-bond acceptors (Lipinski definition) is 4. The van der Waals surface area contributed by atoms with Crippen molar-refractivity contribution in [2.75, 3.05) is 26.4 Å². The summed E-state index contributed by atoms with van der Waals surface area (Å²) in [4.78, 5) is 0. The number of nitrogens with zero attached hydrogens (tertiary/aromatic N) is 1. The zero-order valence-electron chi connectivity index (χ0n) is 10.4. The number of benzene rings is 1. The van der Waals surface area contributed by atoms with Gasteiger partial charge in [-0.15, -0.1) is 0 Å². The van der Waals surface area contributed by atoms with Crippen molar-refractivity contribution in [1.29, 1.82) is 5.26 Å². The minimum absolute atomic E-state index is 0.353. The SMILES string of the molecule is Cc1cc2c(cc1CC1(C#N)COC1)OCCO2. The van der Waals surface area contributed by atoms with Gasteiger partial charge < -0.3 is 14.2 Å². The van der Waals surface area contributed by atoms with Gasteiger partial charge in [0.05, 0.1) is 19.3 Å². The van der Waals surface area contributed by atoms with Gasteiger partial charge in [0.25, 0.3) is 0 Å². The highest BCUT2D eigenvalue weighted by molar-refractivity contribution is 5.48.